The topological polar surface area (TPSA) is 109 Å². The Hall–Kier alpha value is -3.76. The van der Waals surface area contributed by atoms with Crippen molar-refractivity contribution in [2.75, 3.05) is 41.2 Å². The minimum absolute atomic E-state index is 0.136. The van der Waals surface area contributed by atoms with Gasteiger partial charge in [-0.25, -0.2) is 13.4 Å². The van der Waals surface area contributed by atoms with Crippen molar-refractivity contribution in [2.24, 2.45) is 0 Å². The Morgan fingerprint density at radius 1 is 0.941 bits per heavy atom. The summed E-state index contributed by atoms with van der Waals surface area (Å²) in [7, 11) is -3.81. The lowest BCUT2D eigenvalue weighted by Gasteiger charge is -2.28. The van der Waals surface area contributed by atoms with Crippen molar-refractivity contribution >= 4 is 44.1 Å². The minimum atomic E-state index is -3.81. The second-order valence-electron chi connectivity index (χ2n) is 7.93. The second kappa shape index (κ2) is 9.24. The van der Waals surface area contributed by atoms with E-state index in [9.17, 15) is 8.42 Å². The monoisotopic (exact) mass is 476 g/mol. The maximum absolute atomic E-state index is 13.0. The van der Waals surface area contributed by atoms with Crippen LogP contribution in [0.3, 0.4) is 0 Å². The van der Waals surface area contributed by atoms with Crippen LogP contribution in [0.5, 0.6) is 0 Å². The first kappa shape index (κ1) is 22.1. The molecule has 3 heterocycles. The highest BCUT2D eigenvalue weighted by Gasteiger charge is 2.18. The summed E-state index contributed by atoms with van der Waals surface area (Å²) in [5.74, 6) is 1.34. The molecule has 34 heavy (non-hydrogen) atoms. The molecule has 0 spiro atoms. The zero-order valence-corrected chi connectivity index (χ0v) is 19.4. The van der Waals surface area contributed by atoms with Gasteiger partial charge in [0.1, 0.15) is 10.7 Å². The van der Waals surface area contributed by atoms with Crippen LogP contribution in [0.25, 0.3) is 10.9 Å². The molecule has 0 unspecified atom stereocenters. The molecular formula is C24H24N6O3S. The van der Waals surface area contributed by atoms with E-state index in [0.717, 1.165) is 35.7 Å². The quantitative estimate of drug-likeness (QED) is 0.433. The number of anilines is 4. The molecule has 0 amide bonds. The third-order valence-corrected chi connectivity index (χ3v) is 6.87. The molecule has 1 saturated heterocycles. The van der Waals surface area contributed by atoms with Gasteiger partial charge in [0.2, 0.25) is 5.95 Å². The number of sulfonamides is 1. The van der Waals surface area contributed by atoms with Gasteiger partial charge in [-0.05, 0) is 43.3 Å². The van der Waals surface area contributed by atoms with Gasteiger partial charge < -0.3 is 15.0 Å². The molecule has 10 heteroatoms. The molecule has 2 aromatic carbocycles. The number of aromatic nitrogens is 3. The Labute approximate surface area is 197 Å². The lowest BCUT2D eigenvalue weighted by molar-refractivity contribution is 0.122. The smallest absolute Gasteiger partial charge is 0.264 e. The number of rotatable bonds is 6. The van der Waals surface area contributed by atoms with Crippen LogP contribution in [0.15, 0.2) is 71.8 Å². The lowest BCUT2D eigenvalue weighted by Crippen LogP contribution is -2.36. The van der Waals surface area contributed by atoms with Crippen molar-refractivity contribution < 1.29 is 13.2 Å². The van der Waals surface area contributed by atoms with Gasteiger partial charge >= 0.3 is 0 Å². The van der Waals surface area contributed by atoms with E-state index in [0.29, 0.717) is 30.4 Å². The van der Waals surface area contributed by atoms with Crippen LogP contribution in [-0.2, 0) is 14.8 Å². The predicted octanol–water partition coefficient (Wildman–Crippen LogP) is 3.71. The van der Waals surface area contributed by atoms with Gasteiger partial charge in [-0.1, -0.05) is 18.2 Å². The van der Waals surface area contributed by atoms with Crippen molar-refractivity contribution in [1.82, 2.24) is 15.0 Å². The summed E-state index contributed by atoms with van der Waals surface area (Å²) in [6.45, 7) is 4.86. The van der Waals surface area contributed by atoms with Gasteiger partial charge in [0.25, 0.3) is 10.0 Å². The first-order valence-corrected chi connectivity index (χ1v) is 12.4. The summed E-state index contributed by atoms with van der Waals surface area (Å²) < 4.78 is 34.1. The van der Waals surface area contributed by atoms with E-state index < -0.39 is 10.0 Å². The summed E-state index contributed by atoms with van der Waals surface area (Å²) in [6, 6.07) is 17.6. The molecule has 1 aliphatic rings. The summed E-state index contributed by atoms with van der Waals surface area (Å²) in [5.41, 5.74) is 2.47. The number of ether oxygens (including phenoxy) is 1. The average molecular weight is 477 g/mol. The van der Waals surface area contributed by atoms with Crippen LogP contribution in [0, 0.1) is 6.92 Å². The molecule has 0 radical (unpaired) electrons. The van der Waals surface area contributed by atoms with Crippen LogP contribution in [0.1, 0.15) is 5.69 Å². The molecule has 0 atom stereocenters. The normalized spacial score (nSPS) is 14.2. The van der Waals surface area contributed by atoms with Crippen molar-refractivity contribution in [1.29, 1.82) is 0 Å². The molecule has 0 aliphatic carbocycles. The Balaban J connectivity index is 1.33. The van der Waals surface area contributed by atoms with Crippen molar-refractivity contribution in [3.8, 4) is 0 Å². The number of hydrogen-bond acceptors (Lipinski definition) is 8. The Morgan fingerprint density at radius 3 is 2.47 bits per heavy atom. The number of hydrogen-bond donors (Lipinski definition) is 2. The van der Waals surface area contributed by atoms with Crippen molar-refractivity contribution in [3.05, 3.63) is 72.6 Å². The zero-order valence-electron chi connectivity index (χ0n) is 18.6. The molecule has 2 aromatic heterocycles. The third-order valence-electron chi connectivity index (χ3n) is 5.45. The predicted molar refractivity (Wildman–Crippen MR) is 132 cm³/mol. The molecule has 9 nitrogen and oxygen atoms in total. The highest BCUT2D eigenvalue weighted by Crippen LogP contribution is 2.25. The summed E-state index contributed by atoms with van der Waals surface area (Å²) >= 11 is 0. The van der Waals surface area contributed by atoms with E-state index in [2.05, 4.69) is 29.9 Å². The largest absolute Gasteiger partial charge is 0.378 e. The third kappa shape index (κ3) is 4.78. The fourth-order valence-electron chi connectivity index (χ4n) is 3.82. The first-order valence-electron chi connectivity index (χ1n) is 10.9. The Bertz CT molecular complexity index is 1420. The fraction of sp³-hybridized carbons (Fsp3) is 0.208. The van der Waals surface area contributed by atoms with Crippen LogP contribution >= 0.6 is 0 Å². The SMILES string of the molecule is Cc1cc(N2CCOCC2)nc(Nc2ccc(NS(=O)(=O)c3cccc4cccnc34)cc2)n1. The number of nitrogens with zero attached hydrogens (tertiary/aromatic N) is 4. The molecule has 1 fully saturated rings. The van der Waals surface area contributed by atoms with E-state index in [1.807, 2.05) is 25.1 Å². The Kier molecular flexibility index (Phi) is 5.99. The maximum Gasteiger partial charge on any atom is 0.264 e. The summed E-state index contributed by atoms with van der Waals surface area (Å²) in [5, 5.41) is 3.97. The van der Waals surface area contributed by atoms with Crippen LogP contribution < -0.4 is 14.9 Å². The van der Waals surface area contributed by atoms with E-state index in [1.54, 1.807) is 48.7 Å². The number of benzene rings is 2. The Morgan fingerprint density at radius 2 is 1.68 bits per heavy atom. The van der Waals surface area contributed by atoms with Crippen LogP contribution in [-0.4, -0.2) is 49.7 Å². The summed E-state index contributed by atoms with van der Waals surface area (Å²) in [4.78, 5) is 15.7. The number of para-hydroxylation sites is 1. The van der Waals surface area contributed by atoms with E-state index in [-0.39, 0.29) is 4.90 Å². The first-order chi connectivity index (χ1) is 16.5. The standard InChI is InChI=1S/C24H24N6O3S/c1-17-16-22(30-12-14-33-15-13-30)28-24(26-17)27-19-7-9-20(10-8-19)29-34(31,32)21-6-2-4-18-5-3-11-25-23(18)21/h2-11,16,29H,12-15H2,1H3,(H,26,27,28). The highest BCUT2D eigenvalue weighted by molar-refractivity contribution is 7.93. The highest BCUT2D eigenvalue weighted by atomic mass is 32.2. The second-order valence-corrected chi connectivity index (χ2v) is 9.58. The van der Waals surface area contributed by atoms with Crippen molar-refractivity contribution in [3.63, 3.8) is 0 Å². The van der Waals surface area contributed by atoms with Gasteiger partial charge in [-0.15, -0.1) is 0 Å². The number of pyridine rings is 1. The minimum Gasteiger partial charge on any atom is -0.378 e. The van der Waals surface area contributed by atoms with Gasteiger partial charge in [0.15, 0.2) is 0 Å². The van der Waals surface area contributed by atoms with Gasteiger partial charge in [-0.2, -0.15) is 4.98 Å². The lowest BCUT2D eigenvalue weighted by atomic mass is 10.2. The number of morpholine rings is 1. The van der Waals surface area contributed by atoms with E-state index in [1.165, 1.54) is 0 Å². The van der Waals surface area contributed by atoms with E-state index in [4.69, 9.17) is 4.74 Å². The van der Waals surface area contributed by atoms with Gasteiger partial charge in [0, 0.05) is 47.8 Å². The van der Waals surface area contributed by atoms with Gasteiger partial charge in [0.05, 0.1) is 18.7 Å². The molecule has 5 rings (SSSR count). The number of aryl methyl sites for hydroxylation is 1. The molecule has 1 aliphatic heterocycles. The number of fused-ring (bicyclic) bond motifs is 1. The van der Waals surface area contributed by atoms with Crippen LogP contribution in [0.2, 0.25) is 0 Å². The zero-order chi connectivity index (χ0) is 23.5. The molecule has 174 valence electrons. The van der Waals surface area contributed by atoms with Crippen molar-refractivity contribution in [2.45, 2.75) is 11.8 Å². The van der Waals surface area contributed by atoms with Gasteiger partial charge in [-0.3, -0.25) is 9.71 Å². The average Bonchev–Trinajstić information content (AvgIpc) is 2.85. The molecule has 0 bridgehead atoms. The fourth-order valence-corrected chi connectivity index (χ4v) is 5.06. The molecule has 2 N–H and O–H groups in total. The maximum atomic E-state index is 13.0. The van der Waals surface area contributed by atoms with E-state index >= 15 is 0 Å². The molecule has 4 aromatic rings. The van der Waals surface area contributed by atoms with Crippen LogP contribution in [0.4, 0.5) is 23.1 Å². The molecule has 0 saturated carbocycles. The molecular weight excluding hydrogens is 452 g/mol. The summed E-state index contributed by atoms with van der Waals surface area (Å²) in [6.07, 6.45) is 1.58. The number of nitrogens with one attached hydrogen (secondary N) is 2.